The molecule has 5 atom stereocenters. The van der Waals surface area contributed by atoms with Crippen LogP contribution in [-0.4, -0.2) is 12.6 Å². The summed E-state index contributed by atoms with van der Waals surface area (Å²) in [5.41, 5.74) is 4.74. The Hall–Kier alpha value is -1.44. The second-order valence-electron chi connectivity index (χ2n) is 10.6. The molecule has 2 aliphatic heterocycles. The van der Waals surface area contributed by atoms with Gasteiger partial charge in [0.1, 0.15) is 11.9 Å². The molecule has 4 aliphatic carbocycles. The monoisotopic (exact) mass is 391 g/mol. The van der Waals surface area contributed by atoms with E-state index in [1.165, 1.54) is 95.1 Å². The first-order valence-electron chi connectivity index (χ1n) is 12.6. The van der Waals surface area contributed by atoms with Crippen LogP contribution in [0, 0.1) is 29.6 Å². The lowest BCUT2D eigenvalue weighted by Gasteiger charge is -2.39. The quantitative estimate of drug-likeness (QED) is 0.586. The third-order valence-electron chi connectivity index (χ3n) is 9.05. The highest BCUT2D eigenvalue weighted by atomic mass is 16.5. The lowest BCUT2D eigenvalue weighted by atomic mass is 9.69. The number of fused-ring (bicyclic) bond motifs is 2. The zero-order valence-electron chi connectivity index (χ0n) is 17.9. The third-order valence-corrected chi connectivity index (χ3v) is 9.05. The lowest BCUT2D eigenvalue weighted by molar-refractivity contribution is 0.0253. The molecule has 29 heavy (non-hydrogen) atoms. The fourth-order valence-corrected chi connectivity index (χ4v) is 7.46. The predicted octanol–water partition coefficient (Wildman–Crippen LogP) is 6.43. The van der Waals surface area contributed by atoms with Crippen molar-refractivity contribution in [1.82, 2.24) is 5.32 Å². The number of hydrogen-bond donors (Lipinski definition) is 1. The van der Waals surface area contributed by atoms with E-state index in [0.717, 1.165) is 17.8 Å². The largest absolute Gasteiger partial charge is 0.494 e. The summed E-state index contributed by atoms with van der Waals surface area (Å²) < 4.78 is 6.85. The summed E-state index contributed by atoms with van der Waals surface area (Å²) in [6, 6.07) is 0. The smallest absolute Gasteiger partial charge is 0.105 e. The maximum Gasteiger partial charge on any atom is 0.105 e. The van der Waals surface area contributed by atoms with Crippen LogP contribution in [0.4, 0.5) is 0 Å². The van der Waals surface area contributed by atoms with E-state index >= 15 is 0 Å². The van der Waals surface area contributed by atoms with Gasteiger partial charge in [0.05, 0.1) is 0 Å². The van der Waals surface area contributed by atoms with E-state index in [4.69, 9.17) is 4.74 Å². The average molecular weight is 392 g/mol. The molecular weight excluding hydrogens is 354 g/mol. The van der Waals surface area contributed by atoms with E-state index in [-0.39, 0.29) is 0 Å². The molecular formula is C27H37NO. The summed E-state index contributed by atoms with van der Waals surface area (Å²) in [5.74, 6) is 5.35. The highest BCUT2D eigenvalue weighted by Crippen LogP contribution is 2.51. The van der Waals surface area contributed by atoms with Crippen molar-refractivity contribution in [3.8, 4) is 0 Å². The maximum absolute atomic E-state index is 6.85. The van der Waals surface area contributed by atoms with Crippen molar-refractivity contribution < 1.29 is 4.74 Å². The molecule has 0 aromatic rings. The van der Waals surface area contributed by atoms with Crippen molar-refractivity contribution in [3.63, 3.8) is 0 Å². The lowest BCUT2D eigenvalue weighted by Crippen LogP contribution is -2.38. The SMILES string of the molecule is C1=CC2=C(CC1)CC(C1CCC3C4=C(OC3C1)C(C1CCCCC1)CC=C4)CN2. The highest BCUT2D eigenvalue weighted by molar-refractivity contribution is 5.36. The summed E-state index contributed by atoms with van der Waals surface area (Å²) in [5, 5.41) is 3.76. The zero-order valence-corrected chi connectivity index (χ0v) is 17.9. The van der Waals surface area contributed by atoms with Crippen LogP contribution in [0.15, 0.2) is 46.9 Å². The topological polar surface area (TPSA) is 21.3 Å². The van der Waals surface area contributed by atoms with E-state index in [0.29, 0.717) is 17.9 Å². The summed E-state index contributed by atoms with van der Waals surface area (Å²) >= 11 is 0. The summed E-state index contributed by atoms with van der Waals surface area (Å²) in [6.45, 7) is 1.17. The molecule has 0 spiro atoms. The zero-order chi connectivity index (χ0) is 19.2. The molecule has 0 amide bonds. The Morgan fingerprint density at radius 1 is 0.862 bits per heavy atom. The normalized spacial score (nSPS) is 39.5. The van der Waals surface area contributed by atoms with Crippen molar-refractivity contribution >= 4 is 0 Å². The average Bonchev–Trinajstić information content (AvgIpc) is 3.17. The van der Waals surface area contributed by atoms with Gasteiger partial charge in [-0.15, -0.1) is 0 Å². The Labute approximate surface area is 176 Å². The second-order valence-corrected chi connectivity index (χ2v) is 10.6. The first-order chi connectivity index (χ1) is 14.4. The van der Waals surface area contributed by atoms with Crippen LogP contribution in [0.5, 0.6) is 0 Å². The molecule has 0 saturated heterocycles. The molecule has 1 N–H and O–H groups in total. The van der Waals surface area contributed by atoms with Crippen molar-refractivity contribution in [2.24, 2.45) is 29.6 Å². The van der Waals surface area contributed by atoms with E-state index in [2.05, 4.69) is 29.6 Å². The Balaban J connectivity index is 1.15. The van der Waals surface area contributed by atoms with Gasteiger partial charge in [0.15, 0.2) is 0 Å². The van der Waals surface area contributed by atoms with Gasteiger partial charge in [-0.3, -0.25) is 0 Å². The molecule has 0 bridgehead atoms. The van der Waals surface area contributed by atoms with E-state index in [9.17, 15) is 0 Å². The molecule has 156 valence electrons. The van der Waals surface area contributed by atoms with Gasteiger partial charge >= 0.3 is 0 Å². The molecule has 2 saturated carbocycles. The number of nitrogens with one attached hydrogen (secondary N) is 1. The van der Waals surface area contributed by atoms with Crippen LogP contribution in [0.2, 0.25) is 0 Å². The van der Waals surface area contributed by atoms with Crippen LogP contribution in [0.1, 0.15) is 77.0 Å². The van der Waals surface area contributed by atoms with Crippen molar-refractivity contribution in [1.29, 1.82) is 0 Å². The fourth-order valence-electron chi connectivity index (χ4n) is 7.46. The van der Waals surface area contributed by atoms with Gasteiger partial charge in [-0.25, -0.2) is 0 Å². The number of allylic oxidation sites excluding steroid dienone is 6. The van der Waals surface area contributed by atoms with E-state index < -0.39 is 0 Å². The number of ether oxygens (including phenoxy) is 1. The van der Waals surface area contributed by atoms with Gasteiger partial charge in [-0.2, -0.15) is 0 Å². The summed E-state index contributed by atoms with van der Waals surface area (Å²) in [4.78, 5) is 0. The fraction of sp³-hybridized carbons (Fsp3) is 0.704. The van der Waals surface area contributed by atoms with Gasteiger partial charge in [-0.05, 0) is 92.8 Å². The minimum atomic E-state index is 0.467. The first-order valence-corrected chi connectivity index (χ1v) is 12.6. The predicted molar refractivity (Wildman–Crippen MR) is 118 cm³/mol. The van der Waals surface area contributed by atoms with Crippen molar-refractivity contribution in [3.05, 3.63) is 46.9 Å². The molecule has 6 rings (SSSR count). The first kappa shape index (κ1) is 18.3. The van der Waals surface area contributed by atoms with Crippen LogP contribution >= 0.6 is 0 Å². The van der Waals surface area contributed by atoms with Crippen molar-refractivity contribution in [2.75, 3.05) is 6.54 Å². The molecule has 6 aliphatic rings. The van der Waals surface area contributed by atoms with E-state index in [1.54, 1.807) is 11.1 Å². The van der Waals surface area contributed by atoms with Crippen LogP contribution < -0.4 is 5.32 Å². The Morgan fingerprint density at radius 2 is 1.79 bits per heavy atom. The summed E-state index contributed by atoms with van der Waals surface area (Å²) in [6.07, 6.45) is 26.3. The summed E-state index contributed by atoms with van der Waals surface area (Å²) in [7, 11) is 0. The minimum absolute atomic E-state index is 0.467. The van der Waals surface area contributed by atoms with Crippen LogP contribution in [0.3, 0.4) is 0 Å². The van der Waals surface area contributed by atoms with E-state index in [1.807, 2.05) is 0 Å². The number of rotatable bonds is 2. The van der Waals surface area contributed by atoms with Gasteiger partial charge in [0.2, 0.25) is 0 Å². The molecule has 0 radical (unpaired) electrons. The van der Waals surface area contributed by atoms with Crippen LogP contribution in [0.25, 0.3) is 0 Å². The standard InChI is InChI=1S/C27H37NO/c1-2-7-18(8-3-1)22-10-6-11-24-23-14-13-19(16-26(23)29-27(22)24)21-15-20-9-4-5-12-25(20)28-17-21/h5-6,11-12,18-19,21-23,26,28H,1-4,7-10,13-17H2. The Bertz CT molecular complexity index is 765. The second kappa shape index (κ2) is 7.67. The molecule has 2 heteroatoms. The van der Waals surface area contributed by atoms with Crippen molar-refractivity contribution in [2.45, 2.75) is 83.2 Å². The molecule has 0 aromatic heterocycles. The van der Waals surface area contributed by atoms with Gasteiger partial charge in [-0.1, -0.05) is 37.5 Å². The van der Waals surface area contributed by atoms with Gasteiger partial charge < -0.3 is 10.1 Å². The van der Waals surface area contributed by atoms with Gasteiger partial charge in [0.25, 0.3) is 0 Å². The molecule has 0 aromatic carbocycles. The Kier molecular flexibility index (Phi) is 4.85. The maximum atomic E-state index is 6.85. The van der Waals surface area contributed by atoms with Gasteiger partial charge in [0, 0.05) is 24.1 Å². The molecule has 2 heterocycles. The number of hydrogen-bond acceptors (Lipinski definition) is 2. The Morgan fingerprint density at radius 3 is 2.72 bits per heavy atom. The molecule has 2 fully saturated rings. The third kappa shape index (κ3) is 3.31. The minimum Gasteiger partial charge on any atom is -0.494 e. The molecule has 5 unspecified atom stereocenters. The van der Waals surface area contributed by atoms with Crippen LogP contribution in [-0.2, 0) is 4.74 Å². The molecule has 2 nitrogen and oxygen atoms in total. The highest BCUT2D eigenvalue weighted by Gasteiger charge is 2.45.